The predicted octanol–water partition coefficient (Wildman–Crippen LogP) is 0.691. The van der Waals surface area contributed by atoms with Crippen LogP contribution in [-0.4, -0.2) is 40.6 Å². The number of aromatic nitrogens is 1. The van der Waals surface area contributed by atoms with Gasteiger partial charge in [-0.1, -0.05) is 11.2 Å². The molecular formula is C11H18N4O. The molecule has 1 aromatic rings. The lowest BCUT2D eigenvalue weighted by molar-refractivity contribution is 0.285. The SMILES string of the molecule is CC(C(N)=NO)N(C)CCc1ccccn1. The molecule has 0 aliphatic rings. The van der Waals surface area contributed by atoms with Crippen molar-refractivity contribution in [1.29, 1.82) is 0 Å². The molecule has 0 amide bonds. The van der Waals surface area contributed by atoms with E-state index in [1.54, 1.807) is 6.20 Å². The van der Waals surface area contributed by atoms with E-state index in [0.717, 1.165) is 18.7 Å². The van der Waals surface area contributed by atoms with Crippen LogP contribution >= 0.6 is 0 Å². The molecule has 5 heteroatoms. The zero-order valence-electron chi connectivity index (χ0n) is 9.67. The lowest BCUT2D eigenvalue weighted by atomic mass is 10.2. The average Bonchev–Trinajstić information content (AvgIpc) is 2.35. The lowest BCUT2D eigenvalue weighted by Crippen LogP contribution is -2.41. The van der Waals surface area contributed by atoms with Crippen LogP contribution in [0.1, 0.15) is 12.6 Å². The zero-order chi connectivity index (χ0) is 12.0. The highest BCUT2D eigenvalue weighted by atomic mass is 16.4. The first-order valence-electron chi connectivity index (χ1n) is 5.22. The second kappa shape index (κ2) is 6.07. The van der Waals surface area contributed by atoms with E-state index in [2.05, 4.69) is 10.1 Å². The number of hydrogen-bond donors (Lipinski definition) is 2. The molecule has 5 nitrogen and oxygen atoms in total. The third-order valence-electron chi connectivity index (χ3n) is 2.65. The maximum atomic E-state index is 8.56. The van der Waals surface area contributed by atoms with Crippen molar-refractivity contribution in [2.24, 2.45) is 10.9 Å². The van der Waals surface area contributed by atoms with Gasteiger partial charge in [0.05, 0.1) is 6.04 Å². The maximum Gasteiger partial charge on any atom is 0.156 e. The van der Waals surface area contributed by atoms with E-state index >= 15 is 0 Å². The Morgan fingerprint density at radius 2 is 2.38 bits per heavy atom. The van der Waals surface area contributed by atoms with Gasteiger partial charge in [-0.05, 0) is 26.1 Å². The third kappa shape index (κ3) is 3.51. The Kier molecular flexibility index (Phi) is 4.72. The molecule has 0 saturated heterocycles. The van der Waals surface area contributed by atoms with Crippen LogP contribution in [0, 0.1) is 0 Å². The van der Waals surface area contributed by atoms with Crippen LogP contribution in [0.3, 0.4) is 0 Å². The number of rotatable bonds is 5. The van der Waals surface area contributed by atoms with Crippen molar-refractivity contribution in [1.82, 2.24) is 9.88 Å². The van der Waals surface area contributed by atoms with Crippen molar-refractivity contribution in [3.8, 4) is 0 Å². The standard InChI is InChI=1S/C11H18N4O/c1-9(11(12)14-16)15(2)8-6-10-5-3-4-7-13-10/h3-5,7,9,16H,6,8H2,1-2H3,(H2,12,14). The van der Waals surface area contributed by atoms with Crippen molar-refractivity contribution in [2.75, 3.05) is 13.6 Å². The Morgan fingerprint density at radius 3 is 2.94 bits per heavy atom. The van der Waals surface area contributed by atoms with E-state index in [-0.39, 0.29) is 11.9 Å². The van der Waals surface area contributed by atoms with E-state index in [1.165, 1.54) is 0 Å². The summed E-state index contributed by atoms with van der Waals surface area (Å²) in [5.74, 6) is 0.225. The van der Waals surface area contributed by atoms with Gasteiger partial charge in [-0.2, -0.15) is 0 Å². The molecule has 0 bridgehead atoms. The van der Waals surface area contributed by atoms with Crippen LogP contribution < -0.4 is 5.73 Å². The first-order chi connectivity index (χ1) is 7.65. The summed E-state index contributed by atoms with van der Waals surface area (Å²) >= 11 is 0. The molecule has 1 aromatic heterocycles. The number of hydrogen-bond acceptors (Lipinski definition) is 4. The largest absolute Gasteiger partial charge is 0.409 e. The van der Waals surface area contributed by atoms with Gasteiger partial charge in [0.25, 0.3) is 0 Å². The fraction of sp³-hybridized carbons (Fsp3) is 0.455. The molecule has 1 unspecified atom stereocenters. The van der Waals surface area contributed by atoms with Crippen molar-refractivity contribution in [3.63, 3.8) is 0 Å². The highest BCUT2D eigenvalue weighted by molar-refractivity contribution is 5.84. The Morgan fingerprint density at radius 1 is 1.62 bits per heavy atom. The highest BCUT2D eigenvalue weighted by Crippen LogP contribution is 2.00. The van der Waals surface area contributed by atoms with Gasteiger partial charge in [-0.15, -0.1) is 0 Å². The predicted molar refractivity (Wildman–Crippen MR) is 63.4 cm³/mol. The minimum Gasteiger partial charge on any atom is -0.409 e. The topological polar surface area (TPSA) is 74.7 Å². The summed E-state index contributed by atoms with van der Waals surface area (Å²) in [7, 11) is 1.94. The number of likely N-dealkylation sites (N-methyl/N-ethyl adjacent to an activating group) is 1. The Hall–Kier alpha value is -1.62. The summed E-state index contributed by atoms with van der Waals surface area (Å²) in [5, 5.41) is 11.6. The zero-order valence-corrected chi connectivity index (χ0v) is 9.67. The van der Waals surface area contributed by atoms with E-state index in [9.17, 15) is 0 Å². The smallest absolute Gasteiger partial charge is 0.156 e. The summed E-state index contributed by atoms with van der Waals surface area (Å²) in [6.45, 7) is 2.71. The van der Waals surface area contributed by atoms with Crippen LogP contribution in [0.2, 0.25) is 0 Å². The van der Waals surface area contributed by atoms with E-state index in [0.29, 0.717) is 0 Å². The molecule has 0 fully saturated rings. The number of amidine groups is 1. The summed E-state index contributed by atoms with van der Waals surface area (Å²) in [5.41, 5.74) is 6.57. The summed E-state index contributed by atoms with van der Waals surface area (Å²) < 4.78 is 0. The second-order valence-electron chi connectivity index (χ2n) is 3.75. The summed E-state index contributed by atoms with van der Waals surface area (Å²) in [6, 6.07) is 5.78. The maximum absolute atomic E-state index is 8.56. The van der Waals surface area contributed by atoms with E-state index < -0.39 is 0 Å². The first kappa shape index (κ1) is 12.4. The Bertz CT molecular complexity index is 339. The van der Waals surface area contributed by atoms with Gasteiger partial charge in [0, 0.05) is 24.9 Å². The first-order valence-corrected chi connectivity index (χ1v) is 5.22. The van der Waals surface area contributed by atoms with Crippen LogP contribution in [0.25, 0.3) is 0 Å². The molecular weight excluding hydrogens is 204 g/mol. The van der Waals surface area contributed by atoms with Crippen molar-refractivity contribution in [3.05, 3.63) is 30.1 Å². The molecule has 0 aliphatic heterocycles. The normalized spacial score (nSPS) is 14.1. The second-order valence-corrected chi connectivity index (χ2v) is 3.75. The number of nitrogens with two attached hydrogens (primary N) is 1. The Labute approximate surface area is 95.6 Å². The Balaban J connectivity index is 2.44. The molecule has 88 valence electrons. The van der Waals surface area contributed by atoms with Gasteiger partial charge in [-0.3, -0.25) is 9.88 Å². The van der Waals surface area contributed by atoms with Gasteiger partial charge < -0.3 is 10.9 Å². The molecule has 0 saturated carbocycles. The molecule has 0 radical (unpaired) electrons. The molecule has 16 heavy (non-hydrogen) atoms. The van der Waals surface area contributed by atoms with Gasteiger partial charge >= 0.3 is 0 Å². The molecule has 1 heterocycles. The van der Waals surface area contributed by atoms with Crippen molar-refractivity contribution < 1.29 is 5.21 Å². The molecule has 1 rings (SSSR count). The minimum absolute atomic E-state index is 0.0753. The molecule has 0 aliphatic carbocycles. The molecule has 0 spiro atoms. The fourth-order valence-corrected chi connectivity index (χ4v) is 1.34. The molecule has 1 atom stereocenters. The summed E-state index contributed by atoms with van der Waals surface area (Å²) in [4.78, 5) is 6.26. The fourth-order valence-electron chi connectivity index (χ4n) is 1.34. The number of oxime groups is 1. The van der Waals surface area contributed by atoms with Crippen molar-refractivity contribution >= 4 is 5.84 Å². The van der Waals surface area contributed by atoms with Crippen LogP contribution in [0.5, 0.6) is 0 Å². The van der Waals surface area contributed by atoms with Gasteiger partial charge in [0.1, 0.15) is 0 Å². The lowest BCUT2D eigenvalue weighted by Gasteiger charge is -2.23. The quantitative estimate of drug-likeness (QED) is 0.333. The number of pyridine rings is 1. The van der Waals surface area contributed by atoms with E-state index in [4.69, 9.17) is 10.9 Å². The van der Waals surface area contributed by atoms with Crippen LogP contribution in [0.4, 0.5) is 0 Å². The highest BCUT2D eigenvalue weighted by Gasteiger charge is 2.13. The number of nitrogens with zero attached hydrogens (tertiary/aromatic N) is 3. The molecule has 3 N–H and O–H groups in total. The van der Waals surface area contributed by atoms with Gasteiger partial charge in [0.15, 0.2) is 5.84 Å². The molecule has 0 aromatic carbocycles. The van der Waals surface area contributed by atoms with E-state index in [1.807, 2.05) is 37.1 Å². The third-order valence-corrected chi connectivity index (χ3v) is 2.65. The minimum atomic E-state index is -0.0753. The average molecular weight is 222 g/mol. The van der Waals surface area contributed by atoms with Crippen LogP contribution in [0.15, 0.2) is 29.6 Å². The monoisotopic (exact) mass is 222 g/mol. The van der Waals surface area contributed by atoms with Gasteiger partial charge in [-0.25, -0.2) is 0 Å². The van der Waals surface area contributed by atoms with Gasteiger partial charge in [0.2, 0.25) is 0 Å². The van der Waals surface area contributed by atoms with Crippen LogP contribution in [-0.2, 0) is 6.42 Å². The van der Waals surface area contributed by atoms with Crippen molar-refractivity contribution in [2.45, 2.75) is 19.4 Å². The summed E-state index contributed by atoms with van der Waals surface area (Å²) in [6.07, 6.45) is 2.63.